The minimum atomic E-state index is -0.183. The van der Waals surface area contributed by atoms with E-state index in [1.807, 2.05) is 18.5 Å². The molecular formula is C29H34N2O2. The summed E-state index contributed by atoms with van der Waals surface area (Å²) >= 11 is 0. The largest absolute Gasteiger partial charge is 0.411 e. The van der Waals surface area contributed by atoms with Crippen LogP contribution in [-0.2, 0) is 0 Å². The normalized spacial score (nSPS) is 38.8. The lowest BCUT2D eigenvalue weighted by molar-refractivity contribution is -0.0651. The van der Waals surface area contributed by atoms with Gasteiger partial charge in [-0.15, -0.1) is 0 Å². The zero-order valence-electron chi connectivity index (χ0n) is 19.4. The summed E-state index contributed by atoms with van der Waals surface area (Å²) in [5, 5.41) is 24.0. The molecule has 6 rings (SSSR count). The molecule has 33 heavy (non-hydrogen) atoms. The Labute approximate surface area is 196 Å². The quantitative estimate of drug-likeness (QED) is 0.429. The van der Waals surface area contributed by atoms with Crippen molar-refractivity contribution in [3.8, 4) is 11.1 Å². The summed E-state index contributed by atoms with van der Waals surface area (Å²) in [5.74, 6) is 2.92. The van der Waals surface area contributed by atoms with E-state index in [4.69, 9.17) is 0 Å². The summed E-state index contributed by atoms with van der Waals surface area (Å²) in [6, 6.07) is 13.3. The molecule has 0 saturated heterocycles. The fourth-order valence-electron chi connectivity index (χ4n) is 8.17. The van der Waals surface area contributed by atoms with Crippen molar-refractivity contribution >= 4 is 5.71 Å². The number of rotatable bonds is 2. The van der Waals surface area contributed by atoms with E-state index in [0.717, 1.165) is 43.4 Å². The highest BCUT2D eigenvalue weighted by Crippen LogP contribution is 2.65. The minimum Gasteiger partial charge on any atom is -0.411 e. The number of hydrogen-bond acceptors (Lipinski definition) is 4. The monoisotopic (exact) mass is 442 g/mol. The Balaban J connectivity index is 1.40. The van der Waals surface area contributed by atoms with Gasteiger partial charge < -0.3 is 10.3 Å². The summed E-state index contributed by atoms with van der Waals surface area (Å²) in [6.07, 6.45) is 13.2. The van der Waals surface area contributed by atoms with Crippen molar-refractivity contribution in [1.82, 2.24) is 4.98 Å². The zero-order chi connectivity index (χ0) is 22.6. The smallest absolute Gasteiger partial charge is 0.0795 e. The summed E-state index contributed by atoms with van der Waals surface area (Å²) in [5.41, 5.74) is 6.12. The van der Waals surface area contributed by atoms with E-state index in [1.54, 1.807) is 0 Å². The van der Waals surface area contributed by atoms with Crippen LogP contribution in [0.5, 0.6) is 0 Å². The second-order valence-electron chi connectivity index (χ2n) is 11.1. The lowest BCUT2D eigenvalue weighted by Gasteiger charge is -2.57. The lowest BCUT2D eigenvalue weighted by atomic mass is 9.48. The third-order valence-electron chi connectivity index (χ3n) is 9.73. The molecule has 4 nitrogen and oxygen atoms in total. The number of aromatic nitrogens is 1. The van der Waals surface area contributed by atoms with Crippen molar-refractivity contribution in [2.75, 3.05) is 0 Å². The van der Waals surface area contributed by atoms with Crippen LogP contribution in [0.1, 0.15) is 63.4 Å². The average Bonchev–Trinajstić information content (AvgIpc) is 3.17. The van der Waals surface area contributed by atoms with Crippen molar-refractivity contribution in [2.24, 2.45) is 34.2 Å². The molecule has 3 fully saturated rings. The first-order valence-electron chi connectivity index (χ1n) is 12.7. The van der Waals surface area contributed by atoms with Crippen LogP contribution >= 0.6 is 0 Å². The molecule has 1 aromatic carbocycles. The Morgan fingerprint density at radius 1 is 0.970 bits per heavy atom. The number of benzene rings is 1. The maximum absolute atomic E-state index is 11.1. The molecule has 0 amide bonds. The molecule has 3 saturated carbocycles. The number of pyridine rings is 1. The van der Waals surface area contributed by atoms with Gasteiger partial charge in [0.15, 0.2) is 0 Å². The van der Waals surface area contributed by atoms with Gasteiger partial charge in [-0.1, -0.05) is 48.0 Å². The summed E-state index contributed by atoms with van der Waals surface area (Å²) in [6.45, 7) is 2.37. The van der Waals surface area contributed by atoms with Gasteiger partial charge in [-0.2, -0.15) is 0 Å². The van der Waals surface area contributed by atoms with Gasteiger partial charge in [-0.3, -0.25) is 4.98 Å². The minimum absolute atomic E-state index is 0.0153. The molecule has 0 bridgehead atoms. The van der Waals surface area contributed by atoms with Crippen molar-refractivity contribution in [3.63, 3.8) is 0 Å². The first-order valence-corrected chi connectivity index (χ1v) is 12.7. The van der Waals surface area contributed by atoms with Gasteiger partial charge in [0.1, 0.15) is 0 Å². The fourth-order valence-corrected chi connectivity index (χ4v) is 8.17. The highest BCUT2D eigenvalue weighted by molar-refractivity contribution is 5.96. The number of fused-ring (bicyclic) bond motifs is 5. The fraction of sp³-hybridized carbons (Fsp3) is 0.517. The molecule has 0 radical (unpaired) electrons. The Morgan fingerprint density at radius 3 is 2.58 bits per heavy atom. The van der Waals surface area contributed by atoms with E-state index in [9.17, 15) is 10.3 Å². The molecule has 172 valence electrons. The molecule has 0 aliphatic heterocycles. The first kappa shape index (κ1) is 21.1. The van der Waals surface area contributed by atoms with Crippen LogP contribution in [0, 0.1) is 29.1 Å². The Kier molecular flexibility index (Phi) is 5.17. The van der Waals surface area contributed by atoms with Crippen LogP contribution in [-0.4, -0.2) is 27.1 Å². The third-order valence-corrected chi connectivity index (χ3v) is 9.73. The predicted octanol–water partition coefficient (Wildman–Crippen LogP) is 6.21. The molecule has 4 aliphatic rings. The molecule has 2 N–H and O–H groups in total. The van der Waals surface area contributed by atoms with E-state index in [0.29, 0.717) is 29.6 Å². The van der Waals surface area contributed by atoms with E-state index in [-0.39, 0.29) is 11.5 Å². The third kappa shape index (κ3) is 3.37. The topological polar surface area (TPSA) is 65.7 Å². The van der Waals surface area contributed by atoms with E-state index < -0.39 is 0 Å². The maximum atomic E-state index is 11.1. The Hall–Kier alpha value is -2.46. The van der Waals surface area contributed by atoms with Gasteiger partial charge in [0.05, 0.1) is 11.8 Å². The first-order chi connectivity index (χ1) is 16.1. The molecule has 4 heteroatoms. The van der Waals surface area contributed by atoms with Crippen molar-refractivity contribution < 1.29 is 10.3 Å². The number of hydrogen-bond donors (Lipinski definition) is 2. The number of aliphatic hydroxyl groups is 1. The SMILES string of the molecule is C[C@]12C[C@H](c3ccc(-c4cccnc4)cc3)[C@H]3[C@@H](CCC4=C/C(=N\O)CC[C@@H]43)[C@@H]1CC[C@H]2O. The van der Waals surface area contributed by atoms with Crippen LogP contribution in [0.3, 0.4) is 0 Å². The highest BCUT2D eigenvalue weighted by atomic mass is 16.4. The Bertz CT molecular complexity index is 1080. The molecule has 4 aliphatic carbocycles. The second-order valence-corrected chi connectivity index (χ2v) is 11.1. The van der Waals surface area contributed by atoms with E-state index >= 15 is 0 Å². The molecule has 0 spiro atoms. The molecule has 1 aromatic heterocycles. The van der Waals surface area contributed by atoms with Crippen LogP contribution in [0.25, 0.3) is 11.1 Å². The van der Waals surface area contributed by atoms with Gasteiger partial charge in [0.2, 0.25) is 0 Å². The molecular weight excluding hydrogens is 408 g/mol. The van der Waals surface area contributed by atoms with E-state index in [1.165, 1.54) is 29.5 Å². The van der Waals surface area contributed by atoms with Crippen LogP contribution in [0.4, 0.5) is 0 Å². The maximum Gasteiger partial charge on any atom is 0.0795 e. The number of oxime groups is 1. The van der Waals surface area contributed by atoms with Crippen LogP contribution in [0.15, 0.2) is 65.6 Å². The van der Waals surface area contributed by atoms with Gasteiger partial charge in [0, 0.05) is 12.4 Å². The standard InChI is InChI=1S/C29H34N2O2/c1-29-16-25(19-6-4-18(5-7-19)21-3-2-14-30-17-21)28-23-11-9-22(31-33)15-20(23)8-10-24(28)26(29)12-13-27(29)32/h2-7,14-15,17,23-28,32-33H,8-13,16H2,1H3/b31-22-/t23-,24-,25+,26-,27+,28+,29-/m0/s1. The van der Waals surface area contributed by atoms with Gasteiger partial charge in [-0.05, 0) is 109 Å². The Morgan fingerprint density at radius 2 is 1.82 bits per heavy atom. The summed E-state index contributed by atoms with van der Waals surface area (Å²) in [4.78, 5) is 4.28. The highest BCUT2D eigenvalue weighted by Gasteiger charge is 2.59. The second kappa shape index (κ2) is 8.09. The van der Waals surface area contributed by atoms with Crippen molar-refractivity contribution in [3.05, 3.63) is 66.0 Å². The van der Waals surface area contributed by atoms with Gasteiger partial charge in [0.25, 0.3) is 0 Å². The number of allylic oxidation sites excluding steroid dienone is 2. The van der Waals surface area contributed by atoms with Crippen molar-refractivity contribution in [2.45, 2.75) is 63.9 Å². The predicted molar refractivity (Wildman–Crippen MR) is 130 cm³/mol. The summed E-state index contributed by atoms with van der Waals surface area (Å²) < 4.78 is 0. The summed E-state index contributed by atoms with van der Waals surface area (Å²) in [7, 11) is 0. The average molecular weight is 443 g/mol. The number of aliphatic hydroxyl groups excluding tert-OH is 1. The molecule has 7 atom stereocenters. The lowest BCUT2D eigenvalue weighted by Crippen LogP contribution is -2.50. The van der Waals surface area contributed by atoms with Gasteiger partial charge >= 0.3 is 0 Å². The zero-order valence-corrected chi connectivity index (χ0v) is 19.4. The van der Waals surface area contributed by atoms with Crippen molar-refractivity contribution in [1.29, 1.82) is 0 Å². The van der Waals surface area contributed by atoms with Gasteiger partial charge in [-0.25, -0.2) is 0 Å². The van der Waals surface area contributed by atoms with Crippen LogP contribution < -0.4 is 0 Å². The molecule has 2 aromatic rings. The number of nitrogens with zero attached hydrogens (tertiary/aromatic N) is 2. The van der Waals surface area contributed by atoms with Crippen LogP contribution in [0.2, 0.25) is 0 Å². The molecule has 0 unspecified atom stereocenters. The van der Waals surface area contributed by atoms with E-state index in [2.05, 4.69) is 53.5 Å². The molecule has 1 heterocycles.